The standard InChI is InChI=1S/C26H23Cl2F4N3O6/c1-4-39-24(38)14(3)8-21(40-33)35(12-36)23(37)17-6-5-15(7-13(17)2)20-11-25(41-34-20,26(30,31)32)16-9-18(27)22(29)19(28)10-16/h5-7,9-10,12,21H,3-4,8,11,33H2,1-2H3/t21?,25-/m0/s1. The number of carbonyl (C=O) groups is 3. The number of rotatable bonds is 10. The molecule has 0 aromatic heterocycles. The third-order valence-electron chi connectivity index (χ3n) is 6.23. The number of esters is 1. The first kappa shape index (κ1) is 32.0. The number of carbonyl (C=O) groups excluding carboxylic acids is 3. The van der Waals surface area contributed by atoms with Gasteiger partial charge in [-0.3, -0.25) is 19.3 Å². The first-order chi connectivity index (χ1) is 19.2. The zero-order chi connectivity index (χ0) is 30.7. The van der Waals surface area contributed by atoms with Gasteiger partial charge in [0.1, 0.15) is 0 Å². The minimum Gasteiger partial charge on any atom is -0.463 e. The van der Waals surface area contributed by atoms with E-state index in [1.165, 1.54) is 25.1 Å². The Kier molecular flexibility index (Phi) is 9.80. The SMILES string of the molecule is C=C(CC(ON)N(C=O)C(=O)c1ccc(C2=NO[C@@](c3cc(Cl)c(F)c(Cl)c3)(C(F)(F)F)C2)cc1C)C(=O)OCC. The van der Waals surface area contributed by atoms with Crippen molar-refractivity contribution in [2.24, 2.45) is 11.1 Å². The van der Waals surface area contributed by atoms with Gasteiger partial charge in [-0.05, 0) is 49.2 Å². The predicted molar refractivity (Wildman–Crippen MR) is 139 cm³/mol. The lowest BCUT2D eigenvalue weighted by Crippen LogP contribution is -2.43. The van der Waals surface area contributed by atoms with Crippen molar-refractivity contribution < 1.29 is 46.4 Å². The highest BCUT2D eigenvalue weighted by Gasteiger charge is 2.62. The number of halogens is 6. The number of ether oxygens (including phenoxy) is 1. The summed E-state index contributed by atoms with van der Waals surface area (Å²) >= 11 is 11.5. The van der Waals surface area contributed by atoms with E-state index in [2.05, 4.69) is 11.7 Å². The summed E-state index contributed by atoms with van der Waals surface area (Å²) < 4.78 is 61.6. The summed E-state index contributed by atoms with van der Waals surface area (Å²) in [5.74, 6) is 2.54. The fourth-order valence-corrected chi connectivity index (χ4v) is 4.54. The number of oxime groups is 1. The van der Waals surface area contributed by atoms with Crippen LogP contribution in [-0.2, 0) is 29.6 Å². The summed E-state index contributed by atoms with van der Waals surface area (Å²) in [5.41, 5.74) is -3.41. The Labute approximate surface area is 241 Å². The highest BCUT2D eigenvalue weighted by atomic mass is 35.5. The monoisotopic (exact) mass is 619 g/mol. The molecule has 41 heavy (non-hydrogen) atoms. The second kappa shape index (κ2) is 12.6. The van der Waals surface area contributed by atoms with Gasteiger partial charge in [-0.25, -0.2) is 15.1 Å². The van der Waals surface area contributed by atoms with Crippen molar-refractivity contribution >= 4 is 47.2 Å². The fraction of sp³-hybridized carbons (Fsp3) is 0.308. The van der Waals surface area contributed by atoms with E-state index in [1.54, 1.807) is 6.92 Å². The minimum atomic E-state index is -5.01. The lowest BCUT2D eigenvalue weighted by molar-refractivity contribution is -0.275. The van der Waals surface area contributed by atoms with Crippen LogP contribution in [-0.4, -0.2) is 47.9 Å². The van der Waals surface area contributed by atoms with Gasteiger partial charge in [0.15, 0.2) is 12.0 Å². The Balaban J connectivity index is 1.89. The largest absolute Gasteiger partial charge is 0.463 e. The van der Waals surface area contributed by atoms with Crippen LogP contribution in [0.3, 0.4) is 0 Å². The number of alkyl halides is 3. The molecular formula is C26H23Cl2F4N3O6. The summed E-state index contributed by atoms with van der Waals surface area (Å²) in [4.78, 5) is 47.1. The molecular weight excluding hydrogens is 597 g/mol. The van der Waals surface area contributed by atoms with Crippen molar-refractivity contribution in [3.8, 4) is 0 Å². The second-order valence-electron chi connectivity index (χ2n) is 8.85. The van der Waals surface area contributed by atoms with Crippen LogP contribution in [0, 0.1) is 12.7 Å². The van der Waals surface area contributed by atoms with Crippen molar-refractivity contribution in [2.45, 2.75) is 44.7 Å². The number of hydrogen-bond acceptors (Lipinski definition) is 8. The molecule has 1 heterocycles. The molecule has 1 unspecified atom stereocenters. The van der Waals surface area contributed by atoms with Crippen LogP contribution < -0.4 is 5.90 Å². The lowest BCUT2D eigenvalue weighted by Gasteiger charge is -2.29. The molecule has 2 atom stereocenters. The average Bonchev–Trinajstić information content (AvgIpc) is 3.38. The summed E-state index contributed by atoms with van der Waals surface area (Å²) in [7, 11) is 0. The van der Waals surface area contributed by atoms with E-state index in [1.807, 2.05) is 0 Å². The van der Waals surface area contributed by atoms with E-state index >= 15 is 0 Å². The minimum absolute atomic E-state index is 0.0247. The summed E-state index contributed by atoms with van der Waals surface area (Å²) in [5, 5.41) is 2.38. The zero-order valence-electron chi connectivity index (χ0n) is 21.6. The molecule has 0 bridgehead atoms. The van der Waals surface area contributed by atoms with Gasteiger partial charge in [0.25, 0.3) is 11.5 Å². The number of nitrogens with two attached hydrogens (primary N) is 1. The van der Waals surface area contributed by atoms with Gasteiger partial charge in [-0.15, -0.1) is 0 Å². The van der Waals surface area contributed by atoms with Crippen LogP contribution in [0.2, 0.25) is 10.0 Å². The Hall–Kier alpha value is -3.52. The van der Waals surface area contributed by atoms with Gasteiger partial charge in [-0.2, -0.15) is 13.2 Å². The van der Waals surface area contributed by atoms with Crippen LogP contribution in [0.25, 0.3) is 0 Å². The van der Waals surface area contributed by atoms with Gasteiger partial charge < -0.3 is 9.57 Å². The number of hydrogen-bond donors (Lipinski definition) is 1. The molecule has 220 valence electrons. The van der Waals surface area contributed by atoms with Gasteiger partial charge in [0.2, 0.25) is 6.41 Å². The highest BCUT2D eigenvalue weighted by Crippen LogP contribution is 2.50. The Morgan fingerprint density at radius 2 is 1.90 bits per heavy atom. The Bertz CT molecular complexity index is 1400. The number of imide groups is 1. The molecule has 3 rings (SSSR count). The van der Waals surface area contributed by atoms with Crippen molar-refractivity contribution in [1.82, 2.24) is 4.90 Å². The molecule has 15 heteroatoms. The summed E-state index contributed by atoms with van der Waals surface area (Å²) in [6.07, 6.45) is -7.44. The van der Waals surface area contributed by atoms with Gasteiger partial charge in [-0.1, -0.05) is 41.0 Å². The van der Waals surface area contributed by atoms with Crippen molar-refractivity contribution in [3.05, 3.63) is 80.6 Å². The van der Waals surface area contributed by atoms with Crippen molar-refractivity contribution in [2.75, 3.05) is 6.61 Å². The van der Waals surface area contributed by atoms with Gasteiger partial charge in [0, 0.05) is 29.5 Å². The van der Waals surface area contributed by atoms with E-state index < -0.39 is 57.7 Å². The maximum absolute atomic E-state index is 14.3. The Morgan fingerprint density at radius 3 is 2.41 bits per heavy atom. The molecule has 2 amide bonds. The molecule has 0 spiro atoms. The van der Waals surface area contributed by atoms with Crippen molar-refractivity contribution in [1.29, 1.82) is 0 Å². The van der Waals surface area contributed by atoms with Gasteiger partial charge >= 0.3 is 12.1 Å². The van der Waals surface area contributed by atoms with Crippen LogP contribution >= 0.6 is 23.2 Å². The van der Waals surface area contributed by atoms with E-state index in [9.17, 15) is 31.9 Å². The van der Waals surface area contributed by atoms with Crippen LogP contribution in [0.15, 0.2) is 47.6 Å². The van der Waals surface area contributed by atoms with E-state index in [0.29, 0.717) is 4.90 Å². The topological polar surface area (TPSA) is 121 Å². The zero-order valence-corrected chi connectivity index (χ0v) is 23.1. The highest BCUT2D eigenvalue weighted by molar-refractivity contribution is 6.35. The maximum Gasteiger partial charge on any atom is 0.435 e. The molecule has 2 aromatic rings. The first-order valence-corrected chi connectivity index (χ1v) is 12.5. The predicted octanol–water partition coefficient (Wildman–Crippen LogP) is 5.35. The second-order valence-corrected chi connectivity index (χ2v) is 9.67. The molecule has 0 saturated carbocycles. The fourth-order valence-electron chi connectivity index (χ4n) is 4.06. The lowest BCUT2D eigenvalue weighted by atomic mass is 9.86. The van der Waals surface area contributed by atoms with E-state index in [0.717, 1.165) is 12.1 Å². The van der Waals surface area contributed by atoms with Crippen LogP contribution in [0.5, 0.6) is 0 Å². The third kappa shape index (κ3) is 6.38. The molecule has 2 aromatic carbocycles. The van der Waals surface area contributed by atoms with Crippen molar-refractivity contribution in [3.63, 3.8) is 0 Å². The molecule has 0 fully saturated rings. The first-order valence-electron chi connectivity index (χ1n) is 11.8. The molecule has 0 saturated heterocycles. The van der Waals surface area contributed by atoms with Crippen LogP contribution in [0.4, 0.5) is 17.6 Å². The molecule has 1 aliphatic heterocycles. The Morgan fingerprint density at radius 1 is 1.27 bits per heavy atom. The smallest absolute Gasteiger partial charge is 0.435 e. The normalized spacial score (nSPS) is 17.3. The van der Waals surface area contributed by atoms with Gasteiger partial charge in [0.05, 0.1) is 22.4 Å². The average molecular weight is 620 g/mol. The van der Waals surface area contributed by atoms with E-state index in [4.69, 9.17) is 43.5 Å². The summed E-state index contributed by atoms with van der Waals surface area (Å²) in [6, 6.07) is 5.47. The molecule has 0 radical (unpaired) electrons. The number of nitrogens with zero attached hydrogens (tertiary/aromatic N) is 2. The van der Waals surface area contributed by atoms with Crippen LogP contribution in [0.1, 0.15) is 46.8 Å². The molecule has 2 N–H and O–H groups in total. The van der Waals surface area contributed by atoms with E-state index in [-0.39, 0.29) is 47.4 Å². The maximum atomic E-state index is 14.3. The molecule has 1 aliphatic rings. The quantitative estimate of drug-likeness (QED) is 0.0724. The molecule has 0 aliphatic carbocycles. The summed E-state index contributed by atoms with van der Waals surface area (Å²) in [6.45, 7) is 6.67. The number of amides is 2. The molecule has 9 nitrogen and oxygen atoms in total. The number of benzene rings is 2. The third-order valence-corrected chi connectivity index (χ3v) is 6.78. The number of aryl methyl sites for hydroxylation is 1.